The van der Waals surface area contributed by atoms with Crippen LogP contribution in [0.1, 0.15) is 58.3 Å². The molecule has 2 fully saturated rings. The Morgan fingerprint density at radius 3 is 2.55 bits per heavy atom. The molecule has 0 aromatic heterocycles. The molecular formula is C16H31N3O. The molecule has 1 aliphatic heterocycles. The lowest BCUT2D eigenvalue weighted by Gasteiger charge is -2.28. The monoisotopic (exact) mass is 281 g/mol. The molecule has 1 saturated carbocycles. The van der Waals surface area contributed by atoms with Crippen LogP contribution in [0.3, 0.4) is 0 Å². The lowest BCUT2D eigenvalue weighted by atomic mass is 9.98. The molecule has 2 rings (SSSR count). The fourth-order valence-corrected chi connectivity index (χ4v) is 3.53. The van der Waals surface area contributed by atoms with Crippen molar-refractivity contribution in [2.75, 3.05) is 26.2 Å². The Labute approximate surface area is 123 Å². The Kier molecular flexibility index (Phi) is 6.64. The highest BCUT2D eigenvalue weighted by molar-refractivity contribution is 5.78. The summed E-state index contributed by atoms with van der Waals surface area (Å²) in [4.78, 5) is 6.81. The molecule has 116 valence electrons. The topological polar surface area (TPSA) is 50.9 Å². The normalized spacial score (nSPS) is 23.2. The Bertz CT molecular complexity index is 294. The van der Waals surface area contributed by atoms with Crippen molar-refractivity contribution in [3.63, 3.8) is 0 Å². The van der Waals surface area contributed by atoms with Crippen LogP contribution in [0.5, 0.6) is 0 Å². The quantitative estimate of drug-likeness (QED) is 0.601. The molecule has 2 aliphatic rings. The minimum Gasteiger partial charge on any atom is -0.378 e. The van der Waals surface area contributed by atoms with Gasteiger partial charge in [-0.3, -0.25) is 4.99 Å². The Balaban J connectivity index is 1.76. The van der Waals surface area contributed by atoms with Gasteiger partial charge in [0.25, 0.3) is 0 Å². The summed E-state index contributed by atoms with van der Waals surface area (Å²) in [6.45, 7) is 5.86. The Morgan fingerprint density at radius 1 is 1.20 bits per heavy atom. The molecule has 0 aromatic carbocycles. The SMILES string of the molecule is CCOC(CCN=C(N)N1CCCCC1)C1CCCC1. The summed E-state index contributed by atoms with van der Waals surface area (Å²) in [5, 5.41) is 0. The van der Waals surface area contributed by atoms with Crippen LogP contribution < -0.4 is 5.73 Å². The molecular weight excluding hydrogens is 250 g/mol. The summed E-state index contributed by atoms with van der Waals surface area (Å²) >= 11 is 0. The van der Waals surface area contributed by atoms with Gasteiger partial charge >= 0.3 is 0 Å². The van der Waals surface area contributed by atoms with E-state index in [1.165, 1.54) is 44.9 Å². The summed E-state index contributed by atoms with van der Waals surface area (Å²) < 4.78 is 5.93. The lowest BCUT2D eigenvalue weighted by Crippen LogP contribution is -2.41. The lowest BCUT2D eigenvalue weighted by molar-refractivity contribution is 0.0177. The van der Waals surface area contributed by atoms with Gasteiger partial charge in [-0.15, -0.1) is 0 Å². The van der Waals surface area contributed by atoms with Crippen molar-refractivity contribution >= 4 is 5.96 Å². The molecule has 1 unspecified atom stereocenters. The average Bonchev–Trinajstić information content (AvgIpc) is 3.01. The summed E-state index contributed by atoms with van der Waals surface area (Å²) in [7, 11) is 0. The molecule has 0 bridgehead atoms. The highest BCUT2D eigenvalue weighted by Gasteiger charge is 2.25. The van der Waals surface area contributed by atoms with Gasteiger partial charge in [-0.2, -0.15) is 0 Å². The van der Waals surface area contributed by atoms with E-state index in [4.69, 9.17) is 10.5 Å². The molecule has 0 amide bonds. The average molecular weight is 281 g/mol. The number of ether oxygens (including phenoxy) is 1. The second-order valence-corrected chi connectivity index (χ2v) is 6.11. The van der Waals surface area contributed by atoms with Crippen molar-refractivity contribution in [2.24, 2.45) is 16.6 Å². The molecule has 0 radical (unpaired) electrons. The Hall–Kier alpha value is -0.770. The fourth-order valence-electron chi connectivity index (χ4n) is 3.53. The van der Waals surface area contributed by atoms with Crippen LogP contribution in [0.4, 0.5) is 0 Å². The first kappa shape index (κ1) is 15.6. The number of aliphatic imine (C=N–C) groups is 1. The van der Waals surface area contributed by atoms with Crippen molar-refractivity contribution in [1.82, 2.24) is 4.90 Å². The van der Waals surface area contributed by atoms with Gasteiger partial charge in [-0.05, 0) is 51.4 Å². The van der Waals surface area contributed by atoms with Gasteiger partial charge in [0.15, 0.2) is 5.96 Å². The first-order valence-electron chi connectivity index (χ1n) is 8.47. The zero-order valence-electron chi connectivity index (χ0n) is 13.0. The number of likely N-dealkylation sites (tertiary alicyclic amines) is 1. The van der Waals surface area contributed by atoms with Gasteiger partial charge in [0, 0.05) is 26.2 Å². The van der Waals surface area contributed by atoms with E-state index < -0.39 is 0 Å². The molecule has 0 aromatic rings. The van der Waals surface area contributed by atoms with Crippen LogP contribution in [-0.2, 0) is 4.74 Å². The van der Waals surface area contributed by atoms with Crippen molar-refractivity contribution in [3.8, 4) is 0 Å². The summed E-state index contributed by atoms with van der Waals surface area (Å²) in [5.74, 6) is 1.49. The largest absolute Gasteiger partial charge is 0.378 e. The third-order valence-electron chi connectivity index (χ3n) is 4.67. The van der Waals surface area contributed by atoms with Gasteiger partial charge in [0.05, 0.1) is 6.10 Å². The molecule has 4 nitrogen and oxygen atoms in total. The van der Waals surface area contributed by atoms with Crippen LogP contribution in [0, 0.1) is 5.92 Å². The maximum atomic E-state index is 6.10. The first-order valence-corrected chi connectivity index (χ1v) is 8.47. The minimum atomic E-state index is 0.389. The number of hydrogen-bond acceptors (Lipinski definition) is 2. The number of rotatable bonds is 6. The second kappa shape index (κ2) is 8.50. The predicted octanol–water partition coefficient (Wildman–Crippen LogP) is 2.77. The van der Waals surface area contributed by atoms with Crippen LogP contribution in [0.25, 0.3) is 0 Å². The Morgan fingerprint density at radius 2 is 1.90 bits per heavy atom. The van der Waals surface area contributed by atoms with Gasteiger partial charge in [0.1, 0.15) is 0 Å². The fraction of sp³-hybridized carbons (Fsp3) is 0.938. The maximum Gasteiger partial charge on any atom is 0.191 e. The highest BCUT2D eigenvalue weighted by Crippen LogP contribution is 2.30. The van der Waals surface area contributed by atoms with Gasteiger partial charge in [-0.1, -0.05) is 12.8 Å². The molecule has 1 atom stereocenters. The van der Waals surface area contributed by atoms with E-state index in [1.807, 2.05) is 0 Å². The minimum absolute atomic E-state index is 0.389. The van der Waals surface area contributed by atoms with E-state index in [1.54, 1.807) is 0 Å². The van der Waals surface area contributed by atoms with Crippen molar-refractivity contribution < 1.29 is 4.74 Å². The predicted molar refractivity (Wildman–Crippen MR) is 83.9 cm³/mol. The summed E-state index contributed by atoms with van der Waals surface area (Å²) in [6, 6.07) is 0. The number of nitrogens with two attached hydrogens (primary N) is 1. The zero-order valence-corrected chi connectivity index (χ0v) is 13.0. The highest BCUT2D eigenvalue weighted by atomic mass is 16.5. The van der Waals surface area contributed by atoms with Gasteiger partial charge in [0.2, 0.25) is 0 Å². The van der Waals surface area contributed by atoms with Crippen LogP contribution in [0.2, 0.25) is 0 Å². The van der Waals surface area contributed by atoms with E-state index in [9.17, 15) is 0 Å². The van der Waals surface area contributed by atoms with Crippen molar-refractivity contribution in [1.29, 1.82) is 0 Å². The molecule has 20 heavy (non-hydrogen) atoms. The van der Waals surface area contributed by atoms with E-state index in [2.05, 4.69) is 16.8 Å². The third-order valence-corrected chi connectivity index (χ3v) is 4.67. The van der Waals surface area contributed by atoms with E-state index in [0.717, 1.165) is 44.5 Å². The third kappa shape index (κ3) is 4.65. The van der Waals surface area contributed by atoms with E-state index >= 15 is 0 Å². The number of guanidine groups is 1. The number of hydrogen-bond donors (Lipinski definition) is 1. The number of nitrogens with zero attached hydrogens (tertiary/aromatic N) is 2. The number of piperidine rings is 1. The first-order chi connectivity index (χ1) is 9.81. The smallest absolute Gasteiger partial charge is 0.191 e. The summed E-state index contributed by atoms with van der Waals surface area (Å²) in [5.41, 5.74) is 6.10. The van der Waals surface area contributed by atoms with Crippen LogP contribution >= 0.6 is 0 Å². The second-order valence-electron chi connectivity index (χ2n) is 6.11. The van der Waals surface area contributed by atoms with E-state index in [0.29, 0.717) is 6.10 Å². The van der Waals surface area contributed by atoms with Crippen molar-refractivity contribution in [3.05, 3.63) is 0 Å². The van der Waals surface area contributed by atoms with E-state index in [-0.39, 0.29) is 0 Å². The van der Waals surface area contributed by atoms with Crippen LogP contribution in [-0.4, -0.2) is 43.2 Å². The summed E-state index contributed by atoms with van der Waals surface area (Å²) in [6.07, 6.45) is 10.6. The molecule has 0 spiro atoms. The van der Waals surface area contributed by atoms with Crippen molar-refractivity contribution in [2.45, 2.75) is 64.4 Å². The standard InChI is InChI=1S/C16H31N3O/c1-2-20-15(14-8-4-5-9-14)10-11-18-16(17)19-12-6-3-7-13-19/h14-15H,2-13H2,1H3,(H2,17,18). The molecule has 1 aliphatic carbocycles. The van der Waals surface area contributed by atoms with Gasteiger partial charge in [-0.25, -0.2) is 0 Å². The molecule has 1 saturated heterocycles. The van der Waals surface area contributed by atoms with Crippen LogP contribution in [0.15, 0.2) is 4.99 Å². The molecule has 4 heteroatoms. The zero-order chi connectivity index (χ0) is 14.2. The molecule has 2 N–H and O–H groups in total. The maximum absolute atomic E-state index is 6.10. The van der Waals surface area contributed by atoms with Gasteiger partial charge < -0.3 is 15.4 Å². The molecule has 1 heterocycles.